The summed E-state index contributed by atoms with van der Waals surface area (Å²) in [4.78, 5) is 22.5. The van der Waals surface area contributed by atoms with Crippen molar-refractivity contribution < 1.29 is 4.79 Å². The van der Waals surface area contributed by atoms with E-state index in [1.54, 1.807) is 7.05 Å². The summed E-state index contributed by atoms with van der Waals surface area (Å²) < 4.78 is 0. The molecule has 10 heavy (non-hydrogen) atoms. The number of amides is 1. The molecule has 1 amide bonds. The fourth-order valence-corrected chi connectivity index (χ4v) is 1.73. The van der Waals surface area contributed by atoms with Gasteiger partial charge in [-0.05, 0) is 5.18 Å². The van der Waals surface area contributed by atoms with Gasteiger partial charge in [0.15, 0.2) is 0 Å². The smallest absolute Gasteiger partial charge is 0.261 e. The normalized spacial score (nSPS) is 26.7. The second kappa shape index (κ2) is 3.01. The Kier molecular flexibility index (Phi) is 2.26. The molecule has 1 fully saturated rings. The minimum Gasteiger partial charge on any atom is -0.342 e. The van der Waals surface area contributed by atoms with Gasteiger partial charge in [0, 0.05) is 19.3 Å². The molecule has 0 spiro atoms. The van der Waals surface area contributed by atoms with E-state index in [2.05, 4.69) is 5.18 Å². The Bertz CT molecular complexity index is 162. The lowest BCUT2D eigenvalue weighted by Gasteiger charge is -2.24. The van der Waals surface area contributed by atoms with Gasteiger partial charge in [-0.3, -0.25) is 4.79 Å². The SMILES string of the molecule is CN1CCSC(N=O)C1=O. The Labute approximate surface area is 62.9 Å². The third-order valence-electron chi connectivity index (χ3n) is 1.39. The topological polar surface area (TPSA) is 49.7 Å². The first-order valence-corrected chi connectivity index (χ1v) is 3.99. The Morgan fingerprint density at radius 2 is 2.50 bits per heavy atom. The highest BCUT2D eigenvalue weighted by molar-refractivity contribution is 8.00. The van der Waals surface area contributed by atoms with E-state index < -0.39 is 5.37 Å². The van der Waals surface area contributed by atoms with Crippen molar-refractivity contribution >= 4 is 17.7 Å². The summed E-state index contributed by atoms with van der Waals surface area (Å²) in [7, 11) is 1.68. The first-order chi connectivity index (χ1) is 4.75. The van der Waals surface area contributed by atoms with Crippen LogP contribution in [-0.2, 0) is 4.79 Å². The maximum atomic E-state index is 11.0. The number of likely N-dealkylation sites (N-methyl/N-ethyl adjacent to an activating group) is 1. The van der Waals surface area contributed by atoms with E-state index in [-0.39, 0.29) is 5.91 Å². The summed E-state index contributed by atoms with van der Waals surface area (Å²) in [6.45, 7) is 0.718. The molecule has 56 valence electrons. The number of rotatable bonds is 1. The standard InChI is InChI=1S/C5H8N2O2S/c1-7-2-3-10-4(6-9)5(7)8/h4H,2-3H2,1H3. The molecule has 0 saturated carbocycles. The highest BCUT2D eigenvalue weighted by atomic mass is 32.2. The van der Waals surface area contributed by atoms with Crippen molar-refractivity contribution in [1.82, 2.24) is 4.90 Å². The molecule has 0 bridgehead atoms. The lowest BCUT2D eigenvalue weighted by molar-refractivity contribution is -0.129. The average Bonchev–Trinajstić information content (AvgIpc) is 1.95. The molecule has 0 aromatic heterocycles. The quantitative estimate of drug-likeness (QED) is 0.518. The summed E-state index contributed by atoms with van der Waals surface area (Å²) in [5.74, 6) is 0.629. The van der Waals surface area contributed by atoms with Crippen LogP contribution in [0.1, 0.15) is 0 Å². The minimum atomic E-state index is -0.696. The monoisotopic (exact) mass is 160 g/mol. The van der Waals surface area contributed by atoms with Gasteiger partial charge in [0.05, 0.1) is 0 Å². The molecule has 1 aliphatic rings. The number of carbonyl (C=O) groups excluding carboxylic acids is 1. The van der Waals surface area contributed by atoms with Crippen molar-refractivity contribution in [3.05, 3.63) is 4.91 Å². The number of nitroso groups, excluding NO2 is 1. The third-order valence-corrected chi connectivity index (χ3v) is 2.41. The largest absolute Gasteiger partial charge is 0.342 e. The van der Waals surface area contributed by atoms with Gasteiger partial charge >= 0.3 is 0 Å². The van der Waals surface area contributed by atoms with Crippen molar-refractivity contribution in [2.24, 2.45) is 5.18 Å². The lowest BCUT2D eigenvalue weighted by atomic mass is 10.5. The van der Waals surface area contributed by atoms with E-state index in [0.717, 1.165) is 12.3 Å². The van der Waals surface area contributed by atoms with E-state index in [1.165, 1.54) is 16.7 Å². The van der Waals surface area contributed by atoms with Crippen LogP contribution in [0.3, 0.4) is 0 Å². The molecule has 1 rings (SSSR count). The average molecular weight is 160 g/mol. The third kappa shape index (κ3) is 1.29. The Balaban J connectivity index is 2.59. The number of hydrogen-bond donors (Lipinski definition) is 0. The Morgan fingerprint density at radius 1 is 1.80 bits per heavy atom. The van der Waals surface area contributed by atoms with Gasteiger partial charge in [-0.15, -0.1) is 16.7 Å². The van der Waals surface area contributed by atoms with Crippen LogP contribution in [-0.4, -0.2) is 35.5 Å². The van der Waals surface area contributed by atoms with Gasteiger partial charge in [0.1, 0.15) is 0 Å². The summed E-state index contributed by atoms with van der Waals surface area (Å²) in [5, 5.41) is 2.01. The van der Waals surface area contributed by atoms with Crippen molar-refractivity contribution in [2.75, 3.05) is 19.3 Å². The van der Waals surface area contributed by atoms with Gasteiger partial charge < -0.3 is 4.90 Å². The van der Waals surface area contributed by atoms with E-state index in [0.29, 0.717) is 0 Å². The fraction of sp³-hybridized carbons (Fsp3) is 0.800. The van der Waals surface area contributed by atoms with Gasteiger partial charge in [-0.2, -0.15) is 0 Å². The number of hydrogen-bond acceptors (Lipinski definition) is 4. The number of nitrogens with zero attached hydrogens (tertiary/aromatic N) is 2. The van der Waals surface area contributed by atoms with E-state index in [1.807, 2.05) is 0 Å². The molecule has 1 heterocycles. The zero-order chi connectivity index (χ0) is 7.56. The molecule has 4 nitrogen and oxygen atoms in total. The zero-order valence-electron chi connectivity index (χ0n) is 5.61. The molecule has 0 radical (unpaired) electrons. The Hall–Kier alpha value is -0.580. The summed E-state index contributed by atoms with van der Waals surface area (Å²) in [5.41, 5.74) is 0. The van der Waals surface area contributed by atoms with Crippen LogP contribution >= 0.6 is 11.8 Å². The molecule has 0 N–H and O–H groups in total. The molecule has 5 heteroatoms. The molecule has 1 saturated heterocycles. The highest BCUT2D eigenvalue weighted by Crippen LogP contribution is 2.19. The molecule has 1 atom stereocenters. The first-order valence-electron chi connectivity index (χ1n) is 2.94. The molecular weight excluding hydrogens is 152 g/mol. The first kappa shape index (κ1) is 7.53. The predicted molar refractivity (Wildman–Crippen MR) is 39.7 cm³/mol. The highest BCUT2D eigenvalue weighted by Gasteiger charge is 2.27. The van der Waals surface area contributed by atoms with Crippen molar-refractivity contribution in [2.45, 2.75) is 5.37 Å². The summed E-state index contributed by atoms with van der Waals surface area (Å²) in [6.07, 6.45) is 0. The molecule has 0 aliphatic carbocycles. The van der Waals surface area contributed by atoms with Crippen molar-refractivity contribution in [1.29, 1.82) is 0 Å². The lowest BCUT2D eigenvalue weighted by Crippen LogP contribution is -2.39. The van der Waals surface area contributed by atoms with Gasteiger partial charge in [-0.1, -0.05) is 0 Å². The van der Waals surface area contributed by atoms with Crippen LogP contribution in [0.2, 0.25) is 0 Å². The maximum Gasteiger partial charge on any atom is 0.261 e. The van der Waals surface area contributed by atoms with E-state index >= 15 is 0 Å². The minimum absolute atomic E-state index is 0.175. The predicted octanol–water partition coefficient (Wildman–Crippen LogP) is 0.284. The molecule has 0 aromatic carbocycles. The van der Waals surface area contributed by atoms with Gasteiger partial charge in [0.25, 0.3) is 5.91 Å². The van der Waals surface area contributed by atoms with Crippen LogP contribution in [0.5, 0.6) is 0 Å². The number of thioether (sulfide) groups is 1. The van der Waals surface area contributed by atoms with Crippen LogP contribution < -0.4 is 0 Å². The number of carbonyl (C=O) groups is 1. The van der Waals surface area contributed by atoms with Crippen LogP contribution in [0.15, 0.2) is 5.18 Å². The zero-order valence-corrected chi connectivity index (χ0v) is 6.43. The van der Waals surface area contributed by atoms with Gasteiger partial charge in [0.2, 0.25) is 5.37 Å². The van der Waals surface area contributed by atoms with E-state index in [9.17, 15) is 9.70 Å². The molecule has 0 aromatic rings. The van der Waals surface area contributed by atoms with Crippen LogP contribution in [0, 0.1) is 4.91 Å². The van der Waals surface area contributed by atoms with Crippen molar-refractivity contribution in [3.8, 4) is 0 Å². The summed E-state index contributed by atoms with van der Waals surface area (Å²) in [6, 6.07) is 0. The second-order valence-corrected chi connectivity index (χ2v) is 3.28. The Morgan fingerprint density at radius 3 is 3.00 bits per heavy atom. The fourth-order valence-electron chi connectivity index (χ4n) is 0.747. The van der Waals surface area contributed by atoms with E-state index in [4.69, 9.17) is 0 Å². The second-order valence-electron chi connectivity index (χ2n) is 2.09. The van der Waals surface area contributed by atoms with Crippen molar-refractivity contribution in [3.63, 3.8) is 0 Å². The van der Waals surface area contributed by atoms with Crippen LogP contribution in [0.25, 0.3) is 0 Å². The molecule has 1 unspecified atom stereocenters. The summed E-state index contributed by atoms with van der Waals surface area (Å²) >= 11 is 1.30. The molecular formula is C5H8N2O2S. The van der Waals surface area contributed by atoms with Gasteiger partial charge in [-0.25, -0.2) is 0 Å². The van der Waals surface area contributed by atoms with Crippen LogP contribution in [0.4, 0.5) is 0 Å². The maximum absolute atomic E-state index is 11.0. The molecule has 1 aliphatic heterocycles.